The van der Waals surface area contributed by atoms with Crippen LogP contribution in [0.1, 0.15) is 11.3 Å². The number of hydrazone groups is 1. The molecule has 182 valence electrons. The van der Waals surface area contributed by atoms with Gasteiger partial charge in [-0.3, -0.25) is 4.98 Å². The van der Waals surface area contributed by atoms with E-state index in [2.05, 4.69) is 46.8 Å². The minimum absolute atomic E-state index is 0.202. The van der Waals surface area contributed by atoms with Gasteiger partial charge in [-0.15, -0.1) is 0 Å². The highest BCUT2D eigenvalue weighted by atomic mass is 19.1. The summed E-state index contributed by atoms with van der Waals surface area (Å²) in [4.78, 5) is 22.7. The summed E-state index contributed by atoms with van der Waals surface area (Å²) >= 11 is 0. The minimum atomic E-state index is -0.477. The predicted octanol–water partition coefficient (Wildman–Crippen LogP) is 3.80. The van der Waals surface area contributed by atoms with Crippen LogP contribution in [0.5, 0.6) is 0 Å². The molecule has 0 atom stereocenters. The molecule has 1 saturated heterocycles. The molecule has 0 unspecified atom stereocenters. The van der Waals surface area contributed by atoms with Crippen molar-refractivity contribution in [3.05, 3.63) is 78.4 Å². The van der Waals surface area contributed by atoms with Gasteiger partial charge in [0.25, 0.3) is 0 Å². The second-order valence-corrected chi connectivity index (χ2v) is 8.06. The Hall–Kier alpha value is -4.51. The summed E-state index contributed by atoms with van der Waals surface area (Å²) in [6.45, 7) is 4.27. The van der Waals surface area contributed by atoms with Gasteiger partial charge in [0.05, 0.1) is 48.9 Å². The third kappa shape index (κ3) is 5.58. The van der Waals surface area contributed by atoms with E-state index >= 15 is 0 Å². The van der Waals surface area contributed by atoms with Crippen molar-refractivity contribution in [2.24, 2.45) is 5.10 Å². The van der Waals surface area contributed by atoms with Gasteiger partial charge in [-0.05, 0) is 42.8 Å². The Kier molecular flexibility index (Phi) is 6.99. The molecule has 0 aliphatic carbocycles. The molecule has 4 heterocycles. The minimum Gasteiger partial charge on any atom is -0.378 e. The fraction of sp³-hybridized carbons (Fsp3) is 0.200. The van der Waals surface area contributed by atoms with E-state index in [0.717, 1.165) is 34.4 Å². The van der Waals surface area contributed by atoms with Crippen molar-refractivity contribution in [1.82, 2.24) is 24.9 Å². The average Bonchev–Trinajstić information content (AvgIpc) is 2.92. The molecule has 1 aliphatic heterocycles. The molecular formula is C25H24FN9O. The van der Waals surface area contributed by atoms with Crippen LogP contribution in [0.3, 0.4) is 0 Å². The van der Waals surface area contributed by atoms with E-state index in [1.807, 2.05) is 42.2 Å². The van der Waals surface area contributed by atoms with Crippen LogP contribution in [0, 0.1) is 12.7 Å². The molecule has 0 spiro atoms. The van der Waals surface area contributed by atoms with Gasteiger partial charge in [0.15, 0.2) is 11.6 Å². The molecule has 2 N–H and O–H groups in total. The number of pyridine rings is 1. The third-order valence-electron chi connectivity index (χ3n) is 5.56. The van der Waals surface area contributed by atoms with Gasteiger partial charge < -0.3 is 15.0 Å². The number of ether oxygens (including phenoxy) is 1. The molecule has 0 amide bonds. The monoisotopic (exact) mass is 485 g/mol. The van der Waals surface area contributed by atoms with E-state index in [9.17, 15) is 4.39 Å². The molecule has 11 heteroatoms. The van der Waals surface area contributed by atoms with Gasteiger partial charge in [0.2, 0.25) is 5.95 Å². The maximum Gasteiger partial charge on any atom is 0.245 e. The standard InChI is InChI=1S/C25H24FN9O/c1-17-12-18(4-5-21(17)23-6-7-27-16-30-23)32-20-3-2-19(28-13-20)14-31-34-25-29-15-22(26)24(33-25)35-8-10-36-11-9-35/h2-7,12-16,32H,8-11H2,1H3,(H,29,33,34)/b31-14+. The number of morpholine rings is 1. The highest BCUT2D eigenvalue weighted by molar-refractivity contribution is 5.78. The summed E-state index contributed by atoms with van der Waals surface area (Å²) in [5, 5.41) is 7.48. The SMILES string of the molecule is Cc1cc(Nc2ccc(/C=N/Nc3ncc(F)c(N4CCOCC4)n3)nc2)ccc1-c1ccncn1. The molecule has 5 rings (SSSR count). The number of halogens is 1. The summed E-state index contributed by atoms with van der Waals surface area (Å²) in [6, 6.07) is 11.7. The third-order valence-corrected chi connectivity index (χ3v) is 5.56. The zero-order valence-electron chi connectivity index (χ0n) is 19.6. The van der Waals surface area contributed by atoms with Crippen molar-refractivity contribution in [3.63, 3.8) is 0 Å². The quantitative estimate of drug-likeness (QED) is 0.298. The number of benzene rings is 1. The van der Waals surface area contributed by atoms with Crippen molar-refractivity contribution in [3.8, 4) is 11.3 Å². The van der Waals surface area contributed by atoms with Crippen molar-refractivity contribution in [2.45, 2.75) is 6.92 Å². The Morgan fingerprint density at radius 2 is 1.89 bits per heavy atom. The average molecular weight is 486 g/mol. The lowest BCUT2D eigenvalue weighted by Crippen LogP contribution is -2.37. The normalized spacial score (nSPS) is 13.7. The lowest BCUT2D eigenvalue weighted by molar-refractivity contribution is 0.122. The molecule has 3 aromatic heterocycles. The second-order valence-electron chi connectivity index (χ2n) is 8.06. The van der Waals surface area contributed by atoms with E-state index in [1.54, 1.807) is 24.9 Å². The fourth-order valence-corrected chi connectivity index (χ4v) is 3.77. The highest BCUT2D eigenvalue weighted by Gasteiger charge is 2.17. The van der Waals surface area contributed by atoms with Crippen molar-refractivity contribution >= 4 is 29.4 Å². The van der Waals surface area contributed by atoms with Crippen LogP contribution < -0.4 is 15.6 Å². The van der Waals surface area contributed by atoms with E-state index in [4.69, 9.17) is 4.74 Å². The summed E-state index contributed by atoms with van der Waals surface area (Å²) in [5.41, 5.74) is 8.20. The second kappa shape index (κ2) is 10.8. The van der Waals surface area contributed by atoms with Crippen molar-refractivity contribution < 1.29 is 9.13 Å². The van der Waals surface area contributed by atoms with Gasteiger partial charge in [-0.2, -0.15) is 10.1 Å². The molecule has 0 radical (unpaired) electrons. The van der Waals surface area contributed by atoms with Crippen LogP contribution in [0.2, 0.25) is 0 Å². The van der Waals surface area contributed by atoms with Crippen molar-refractivity contribution in [1.29, 1.82) is 0 Å². The zero-order valence-corrected chi connectivity index (χ0v) is 19.6. The maximum atomic E-state index is 14.2. The fourth-order valence-electron chi connectivity index (χ4n) is 3.77. The van der Waals surface area contributed by atoms with Crippen LogP contribution in [-0.4, -0.2) is 57.4 Å². The van der Waals surface area contributed by atoms with Crippen LogP contribution >= 0.6 is 0 Å². The first-order chi connectivity index (χ1) is 17.7. The number of anilines is 4. The number of aromatic nitrogens is 5. The van der Waals surface area contributed by atoms with E-state index in [1.165, 1.54) is 0 Å². The van der Waals surface area contributed by atoms with E-state index < -0.39 is 5.82 Å². The first-order valence-electron chi connectivity index (χ1n) is 11.4. The number of aryl methyl sites for hydroxylation is 1. The van der Waals surface area contributed by atoms with Crippen LogP contribution in [0.4, 0.5) is 27.5 Å². The van der Waals surface area contributed by atoms with Crippen LogP contribution in [-0.2, 0) is 4.74 Å². The van der Waals surface area contributed by atoms with Crippen molar-refractivity contribution in [2.75, 3.05) is 41.9 Å². The first kappa shape index (κ1) is 23.2. The molecule has 1 aromatic carbocycles. The lowest BCUT2D eigenvalue weighted by atomic mass is 10.0. The Labute approximate surface area is 207 Å². The number of nitrogens with one attached hydrogen (secondary N) is 2. The molecular weight excluding hydrogens is 461 g/mol. The summed E-state index contributed by atoms with van der Waals surface area (Å²) in [7, 11) is 0. The molecule has 10 nitrogen and oxygen atoms in total. The van der Waals surface area contributed by atoms with Crippen LogP contribution in [0.25, 0.3) is 11.3 Å². The van der Waals surface area contributed by atoms with Gasteiger partial charge in [-0.1, -0.05) is 6.07 Å². The largest absolute Gasteiger partial charge is 0.378 e. The smallest absolute Gasteiger partial charge is 0.245 e. The zero-order chi connectivity index (χ0) is 24.7. The molecule has 4 aromatic rings. The Bertz CT molecular complexity index is 1340. The Balaban J connectivity index is 1.20. The van der Waals surface area contributed by atoms with E-state index in [0.29, 0.717) is 32.0 Å². The van der Waals surface area contributed by atoms with Gasteiger partial charge >= 0.3 is 0 Å². The molecule has 0 saturated carbocycles. The summed E-state index contributed by atoms with van der Waals surface area (Å²) < 4.78 is 19.5. The number of rotatable bonds is 7. The molecule has 0 bridgehead atoms. The first-order valence-corrected chi connectivity index (χ1v) is 11.4. The maximum absolute atomic E-state index is 14.2. The van der Waals surface area contributed by atoms with E-state index in [-0.39, 0.29) is 11.8 Å². The van der Waals surface area contributed by atoms with Gasteiger partial charge in [0, 0.05) is 30.5 Å². The molecule has 1 aliphatic rings. The summed E-state index contributed by atoms with van der Waals surface area (Å²) in [6.07, 6.45) is 7.68. The van der Waals surface area contributed by atoms with Gasteiger partial charge in [0.1, 0.15) is 6.33 Å². The van der Waals surface area contributed by atoms with Gasteiger partial charge in [-0.25, -0.2) is 24.8 Å². The Morgan fingerprint density at radius 3 is 2.64 bits per heavy atom. The predicted molar refractivity (Wildman–Crippen MR) is 136 cm³/mol. The Morgan fingerprint density at radius 1 is 1.03 bits per heavy atom. The number of hydrogen-bond donors (Lipinski definition) is 2. The number of hydrogen-bond acceptors (Lipinski definition) is 10. The number of nitrogens with zero attached hydrogens (tertiary/aromatic N) is 7. The summed E-state index contributed by atoms with van der Waals surface area (Å²) in [5.74, 6) is -0.0388. The molecule has 1 fully saturated rings. The lowest BCUT2D eigenvalue weighted by Gasteiger charge is -2.27. The molecule has 36 heavy (non-hydrogen) atoms. The topological polar surface area (TPSA) is 113 Å². The van der Waals surface area contributed by atoms with Crippen LogP contribution in [0.15, 0.2) is 66.4 Å². The highest BCUT2D eigenvalue weighted by Crippen LogP contribution is 2.25.